The molecule has 0 aliphatic heterocycles. The molecule has 3 aromatic rings. The lowest BCUT2D eigenvalue weighted by Crippen LogP contribution is -2.17. The van der Waals surface area contributed by atoms with Crippen LogP contribution in [0.15, 0.2) is 71.1 Å². The number of rotatable bonds is 8. The minimum absolute atomic E-state index is 0.281. The summed E-state index contributed by atoms with van der Waals surface area (Å²) < 4.78 is 3.21. The Bertz CT molecular complexity index is 1200. The summed E-state index contributed by atoms with van der Waals surface area (Å²) in [7, 11) is 3.41. The molecule has 158 valence electrons. The molecule has 3 rings (SSSR count). The molecule has 32 heavy (non-hydrogen) atoms. The summed E-state index contributed by atoms with van der Waals surface area (Å²) in [6, 6.07) is 16.7. The van der Waals surface area contributed by atoms with Crippen molar-refractivity contribution in [3.8, 4) is 12.1 Å². The van der Waals surface area contributed by atoms with Gasteiger partial charge in [-0.1, -0.05) is 0 Å². The summed E-state index contributed by atoms with van der Waals surface area (Å²) in [5.41, 5.74) is 6.51. The Morgan fingerprint density at radius 2 is 1.12 bits per heavy atom. The zero-order valence-electron chi connectivity index (χ0n) is 17.3. The summed E-state index contributed by atoms with van der Waals surface area (Å²) >= 11 is 0. The number of ketones is 2. The van der Waals surface area contributed by atoms with Crippen molar-refractivity contribution >= 4 is 34.4 Å². The van der Waals surface area contributed by atoms with Crippen LogP contribution >= 0.6 is 0 Å². The van der Waals surface area contributed by atoms with Crippen LogP contribution in [-0.4, -0.2) is 32.1 Å². The summed E-state index contributed by atoms with van der Waals surface area (Å²) in [4.78, 5) is 24.8. The van der Waals surface area contributed by atoms with E-state index in [-0.39, 0.29) is 11.4 Å². The lowest BCUT2D eigenvalue weighted by atomic mass is 10.2. The van der Waals surface area contributed by atoms with Crippen LogP contribution in [0.25, 0.3) is 0 Å². The van der Waals surface area contributed by atoms with Crippen LogP contribution in [0.4, 0.5) is 11.4 Å². The Kier molecular flexibility index (Phi) is 6.59. The smallest absolute Gasteiger partial charge is 0.240 e. The van der Waals surface area contributed by atoms with Crippen LogP contribution < -0.4 is 10.9 Å². The Morgan fingerprint density at radius 3 is 1.41 bits per heavy atom. The summed E-state index contributed by atoms with van der Waals surface area (Å²) in [6.07, 6.45) is 3.41. The van der Waals surface area contributed by atoms with Crippen molar-refractivity contribution in [2.45, 2.75) is 0 Å². The molecular formula is C22H18N8O2. The number of aromatic nitrogens is 2. The third-order valence-electron chi connectivity index (χ3n) is 4.47. The van der Waals surface area contributed by atoms with E-state index in [0.29, 0.717) is 22.8 Å². The van der Waals surface area contributed by atoms with Gasteiger partial charge in [-0.2, -0.15) is 20.7 Å². The van der Waals surface area contributed by atoms with Gasteiger partial charge in [0, 0.05) is 26.5 Å². The minimum Gasteiger partial charge on any atom is -0.348 e. The van der Waals surface area contributed by atoms with Crippen LogP contribution in [-0.2, 0) is 14.1 Å². The van der Waals surface area contributed by atoms with Gasteiger partial charge in [0.05, 0.1) is 22.8 Å². The van der Waals surface area contributed by atoms with Crippen LogP contribution in [0.1, 0.15) is 21.0 Å². The zero-order valence-corrected chi connectivity index (χ0v) is 17.3. The lowest BCUT2D eigenvalue weighted by molar-refractivity contribution is 0.105. The second kappa shape index (κ2) is 9.69. The fraction of sp³-hybridized carbons (Fsp3) is 0.0909. The van der Waals surface area contributed by atoms with Crippen LogP contribution in [0, 0.1) is 22.7 Å². The number of hydrogen-bond donors (Lipinski definition) is 2. The maximum atomic E-state index is 12.4. The standard InChI is InChI=1S/C22H18N8O2/c1-29-11-3-5-19(29)21(31)17(13-23)27-25-15-7-9-16(10-8-15)26-28-18(14-24)22(32)20-6-4-12-30(20)2/h3-12,25-26H,1-2H3/b27-17+,28-18+. The topological polar surface area (TPSA) is 140 Å². The largest absolute Gasteiger partial charge is 0.348 e. The second-order valence-electron chi connectivity index (χ2n) is 6.61. The molecule has 0 aliphatic carbocycles. The van der Waals surface area contributed by atoms with Gasteiger partial charge < -0.3 is 9.13 Å². The summed E-state index contributed by atoms with van der Waals surface area (Å²) in [6.45, 7) is 0. The van der Waals surface area contributed by atoms with E-state index < -0.39 is 11.6 Å². The van der Waals surface area contributed by atoms with Crippen molar-refractivity contribution in [1.29, 1.82) is 10.5 Å². The van der Waals surface area contributed by atoms with Gasteiger partial charge in [0.15, 0.2) is 0 Å². The van der Waals surface area contributed by atoms with Crippen molar-refractivity contribution < 1.29 is 9.59 Å². The summed E-state index contributed by atoms with van der Waals surface area (Å²) in [5, 5.41) is 26.3. The lowest BCUT2D eigenvalue weighted by Gasteiger charge is -2.05. The van der Waals surface area contributed by atoms with Crippen molar-refractivity contribution in [1.82, 2.24) is 9.13 Å². The van der Waals surface area contributed by atoms with Gasteiger partial charge in [-0.15, -0.1) is 0 Å². The van der Waals surface area contributed by atoms with E-state index in [1.807, 2.05) is 0 Å². The molecule has 0 radical (unpaired) electrons. The molecule has 0 atom stereocenters. The molecule has 0 unspecified atom stereocenters. The Labute approximate surface area is 183 Å². The van der Waals surface area contributed by atoms with E-state index in [4.69, 9.17) is 0 Å². The highest BCUT2D eigenvalue weighted by atomic mass is 16.1. The predicted octanol–water partition coefficient (Wildman–Crippen LogP) is 2.71. The number of nitriles is 2. The van der Waals surface area contributed by atoms with Gasteiger partial charge >= 0.3 is 0 Å². The van der Waals surface area contributed by atoms with Gasteiger partial charge in [-0.25, -0.2) is 0 Å². The molecule has 2 N–H and O–H groups in total. The number of nitrogens with one attached hydrogen (secondary N) is 2. The van der Waals surface area contributed by atoms with E-state index in [0.717, 1.165) is 0 Å². The third-order valence-corrected chi connectivity index (χ3v) is 4.47. The first-order chi connectivity index (χ1) is 15.4. The fourth-order valence-electron chi connectivity index (χ4n) is 2.75. The van der Waals surface area contributed by atoms with Gasteiger partial charge in [-0.05, 0) is 48.5 Å². The number of hydrogen-bond acceptors (Lipinski definition) is 8. The first kappa shape index (κ1) is 21.7. The average molecular weight is 426 g/mol. The maximum Gasteiger partial charge on any atom is 0.240 e. The molecule has 0 aliphatic rings. The fourth-order valence-corrected chi connectivity index (χ4v) is 2.75. The van der Waals surface area contributed by atoms with E-state index in [1.54, 1.807) is 96.3 Å². The molecule has 2 aromatic heterocycles. The Morgan fingerprint density at radius 1 is 0.750 bits per heavy atom. The number of carbonyl (C=O) groups is 2. The van der Waals surface area contributed by atoms with Crippen LogP contribution in [0.5, 0.6) is 0 Å². The van der Waals surface area contributed by atoms with E-state index >= 15 is 0 Å². The molecule has 0 bridgehead atoms. The molecule has 0 saturated heterocycles. The number of carbonyl (C=O) groups excluding carboxylic acids is 2. The highest BCUT2D eigenvalue weighted by Crippen LogP contribution is 2.14. The van der Waals surface area contributed by atoms with Crippen molar-refractivity contribution in [3.05, 3.63) is 72.3 Å². The van der Waals surface area contributed by atoms with E-state index in [1.165, 1.54) is 0 Å². The molecule has 2 heterocycles. The highest BCUT2D eigenvalue weighted by Gasteiger charge is 2.17. The summed E-state index contributed by atoms with van der Waals surface area (Å²) in [5.74, 6) is -0.987. The zero-order chi connectivity index (χ0) is 23.1. The maximum absolute atomic E-state index is 12.4. The second-order valence-corrected chi connectivity index (χ2v) is 6.61. The number of nitrogens with zero attached hydrogens (tertiary/aromatic N) is 6. The molecule has 0 fully saturated rings. The first-order valence-electron chi connectivity index (χ1n) is 9.34. The van der Waals surface area contributed by atoms with Gasteiger partial charge in [-0.3, -0.25) is 20.4 Å². The van der Waals surface area contributed by atoms with Crippen LogP contribution in [0.3, 0.4) is 0 Å². The molecule has 1 aromatic carbocycles. The number of benzene rings is 1. The van der Waals surface area contributed by atoms with Crippen molar-refractivity contribution in [2.75, 3.05) is 10.9 Å². The minimum atomic E-state index is -0.493. The number of Topliss-reactive ketones (excluding diaryl/α,β-unsaturated/α-hetero) is 2. The molecule has 10 nitrogen and oxygen atoms in total. The normalized spacial score (nSPS) is 11.4. The third kappa shape index (κ3) is 4.78. The number of aryl methyl sites for hydroxylation is 2. The average Bonchev–Trinajstić information content (AvgIpc) is 3.43. The molecular weight excluding hydrogens is 408 g/mol. The van der Waals surface area contributed by atoms with E-state index in [9.17, 15) is 20.1 Å². The molecule has 10 heteroatoms. The molecule has 0 amide bonds. The Hall–Kier alpha value is -4.96. The van der Waals surface area contributed by atoms with Gasteiger partial charge in [0.1, 0.15) is 12.1 Å². The predicted molar refractivity (Wildman–Crippen MR) is 119 cm³/mol. The van der Waals surface area contributed by atoms with Gasteiger partial charge in [0.2, 0.25) is 23.0 Å². The first-order valence-corrected chi connectivity index (χ1v) is 9.34. The van der Waals surface area contributed by atoms with Crippen molar-refractivity contribution in [2.24, 2.45) is 24.3 Å². The molecule has 0 spiro atoms. The quantitative estimate of drug-likeness (QED) is 0.322. The van der Waals surface area contributed by atoms with Gasteiger partial charge in [0.25, 0.3) is 0 Å². The Balaban J connectivity index is 1.67. The van der Waals surface area contributed by atoms with Crippen LogP contribution in [0.2, 0.25) is 0 Å². The monoisotopic (exact) mass is 426 g/mol. The molecule has 0 saturated carbocycles. The number of anilines is 2. The van der Waals surface area contributed by atoms with E-state index in [2.05, 4.69) is 21.1 Å². The SMILES string of the molecule is Cn1cccc1C(=O)/C(C#N)=N/Nc1ccc(N/N=C(\C#N)C(=O)c2cccn2C)cc1. The number of hydrazone groups is 2. The van der Waals surface area contributed by atoms with Crippen molar-refractivity contribution in [3.63, 3.8) is 0 Å². The highest BCUT2D eigenvalue weighted by molar-refractivity contribution is 6.51.